The normalized spacial score (nSPS) is 24.9. The number of benzene rings is 3. The molecular formula is C40H49FN6O2. The van der Waals surface area contributed by atoms with Crippen LogP contribution in [0.2, 0.25) is 0 Å². The molecule has 8 rings (SSSR count). The van der Waals surface area contributed by atoms with E-state index in [1.54, 1.807) is 23.0 Å². The van der Waals surface area contributed by atoms with Gasteiger partial charge in [-0.3, -0.25) is 9.36 Å². The van der Waals surface area contributed by atoms with E-state index < -0.39 is 0 Å². The van der Waals surface area contributed by atoms with Crippen LogP contribution in [0, 0.1) is 35.9 Å². The molecule has 2 bridgehead atoms. The SMILES string of the molecule is COc1ccc(CCn2cnc3cc(NC(=NC4CC5CC(C4C)C5(C)C)N4CCN(c5ccc(C)cc5)C(C)C4)ccc3c2=O)c(F)c1. The van der Waals surface area contributed by atoms with Crippen LogP contribution in [0.25, 0.3) is 10.9 Å². The minimum absolute atomic E-state index is 0.140. The largest absolute Gasteiger partial charge is 0.497 e. The van der Waals surface area contributed by atoms with Crippen LogP contribution in [0.4, 0.5) is 15.8 Å². The highest BCUT2D eigenvalue weighted by molar-refractivity contribution is 5.96. The van der Waals surface area contributed by atoms with E-state index in [9.17, 15) is 9.18 Å². The summed E-state index contributed by atoms with van der Waals surface area (Å²) in [5.41, 5.74) is 4.79. The molecule has 3 saturated carbocycles. The second kappa shape index (κ2) is 13.1. The van der Waals surface area contributed by atoms with Crippen molar-refractivity contribution in [2.75, 3.05) is 37.0 Å². The van der Waals surface area contributed by atoms with E-state index in [2.05, 4.69) is 79.0 Å². The van der Waals surface area contributed by atoms with Crippen LogP contribution in [-0.4, -0.2) is 59.2 Å². The van der Waals surface area contributed by atoms with Crippen molar-refractivity contribution < 1.29 is 9.13 Å². The van der Waals surface area contributed by atoms with E-state index in [1.165, 1.54) is 30.8 Å². The summed E-state index contributed by atoms with van der Waals surface area (Å²) in [4.78, 5) is 28.5. The highest BCUT2D eigenvalue weighted by atomic mass is 19.1. The predicted molar refractivity (Wildman–Crippen MR) is 196 cm³/mol. The van der Waals surface area contributed by atoms with Crippen molar-refractivity contribution in [3.63, 3.8) is 0 Å². The Morgan fingerprint density at radius 3 is 2.55 bits per heavy atom. The van der Waals surface area contributed by atoms with Gasteiger partial charge in [0.25, 0.3) is 5.56 Å². The molecule has 8 nitrogen and oxygen atoms in total. The van der Waals surface area contributed by atoms with Gasteiger partial charge in [0.2, 0.25) is 0 Å². The predicted octanol–water partition coefficient (Wildman–Crippen LogP) is 7.14. The maximum atomic E-state index is 14.5. The molecule has 49 heavy (non-hydrogen) atoms. The molecule has 3 aliphatic carbocycles. The Balaban J connectivity index is 1.12. The summed E-state index contributed by atoms with van der Waals surface area (Å²) in [6.45, 7) is 14.6. The third-order valence-corrected chi connectivity index (χ3v) is 11.9. The standard InChI is InChI=1S/C40H49FN6O2/c1-25-7-11-31(12-8-25)47-18-17-45(23-26(47)2)39(44-36-20-29-19-34(27(36)3)40(29,4)5)43-30-10-14-33-37(21-30)42-24-46(38(33)48)16-15-28-9-13-32(49-6)22-35(28)41/h7-14,21-22,24,26-27,29,34,36H,15-20,23H2,1-6H3,(H,43,44). The van der Waals surface area contributed by atoms with E-state index in [1.807, 2.05) is 18.2 Å². The molecule has 1 aromatic heterocycles. The number of hydrogen-bond donors (Lipinski definition) is 1. The maximum absolute atomic E-state index is 14.5. The van der Waals surface area contributed by atoms with Crippen LogP contribution < -0.4 is 20.5 Å². The molecular weight excluding hydrogens is 615 g/mol. The summed E-state index contributed by atoms with van der Waals surface area (Å²) in [6.07, 6.45) is 4.37. The molecule has 3 aromatic carbocycles. The smallest absolute Gasteiger partial charge is 0.261 e. The zero-order valence-corrected chi connectivity index (χ0v) is 29.6. The Bertz CT molecular complexity index is 1920. The van der Waals surface area contributed by atoms with Crippen molar-refractivity contribution >= 4 is 28.2 Å². The minimum Gasteiger partial charge on any atom is -0.497 e. The van der Waals surface area contributed by atoms with Crippen molar-refractivity contribution in [3.8, 4) is 5.75 Å². The first-order chi connectivity index (χ1) is 23.5. The number of nitrogens with zero attached hydrogens (tertiary/aromatic N) is 5. The summed E-state index contributed by atoms with van der Waals surface area (Å²) >= 11 is 0. The summed E-state index contributed by atoms with van der Waals surface area (Å²) in [5.74, 6) is 2.97. The lowest BCUT2D eigenvalue weighted by Gasteiger charge is -2.61. The summed E-state index contributed by atoms with van der Waals surface area (Å²) < 4.78 is 21.2. The average molecular weight is 665 g/mol. The molecule has 258 valence electrons. The van der Waals surface area contributed by atoms with Crippen molar-refractivity contribution in [1.29, 1.82) is 0 Å². The van der Waals surface area contributed by atoms with Gasteiger partial charge in [0.05, 0.1) is 30.4 Å². The summed E-state index contributed by atoms with van der Waals surface area (Å²) in [7, 11) is 1.51. The second-order valence-electron chi connectivity index (χ2n) is 15.1. The molecule has 4 aromatic rings. The number of rotatable bonds is 7. The van der Waals surface area contributed by atoms with Gasteiger partial charge in [-0.2, -0.15) is 0 Å². The monoisotopic (exact) mass is 664 g/mol. The van der Waals surface area contributed by atoms with Crippen LogP contribution in [0.5, 0.6) is 5.75 Å². The fourth-order valence-corrected chi connectivity index (χ4v) is 8.54. The Labute approximate surface area is 289 Å². The fraction of sp³-hybridized carbons (Fsp3) is 0.475. The number of aliphatic imine (C=N–C) groups is 1. The molecule has 0 radical (unpaired) electrons. The minimum atomic E-state index is -0.344. The lowest BCUT2D eigenvalue weighted by Crippen LogP contribution is -2.58. The van der Waals surface area contributed by atoms with Gasteiger partial charge in [-0.25, -0.2) is 14.4 Å². The van der Waals surface area contributed by atoms with Gasteiger partial charge in [0.15, 0.2) is 5.96 Å². The number of nitrogens with one attached hydrogen (secondary N) is 1. The fourth-order valence-electron chi connectivity index (χ4n) is 8.54. The molecule has 5 unspecified atom stereocenters. The Morgan fingerprint density at radius 1 is 1.06 bits per heavy atom. The number of aryl methyl sites for hydroxylation is 3. The number of hydrogen-bond acceptors (Lipinski definition) is 5. The number of ether oxygens (including phenoxy) is 1. The number of piperazine rings is 1. The summed E-state index contributed by atoms with van der Waals surface area (Å²) in [5, 5.41) is 4.23. The van der Waals surface area contributed by atoms with Crippen LogP contribution in [0.1, 0.15) is 51.7 Å². The van der Waals surface area contributed by atoms with E-state index in [-0.39, 0.29) is 17.4 Å². The van der Waals surface area contributed by atoms with Crippen LogP contribution >= 0.6 is 0 Å². The van der Waals surface area contributed by atoms with Gasteiger partial charge in [0, 0.05) is 49.7 Å². The Kier molecular flexibility index (Phi) is 8.88. The van der Waals surface area contributed by atoms with Crippen molar-refractivity contribution in [1.82, 2.24) is 14.5 Å². The highest BCUT2D eigenvalue weighted by Crippen LogP contribution is 2.61. The van der Waals surface area contributed by atoms with Gasteiger partial charge in [-0.05, 0) is 98.2 Å². The second-order valence-corrected chi connectivity index (χ2v) is 15.1. The first-order valence-electron chi connectivity index (χ1n) is 17.8. The van der Waals surface area contributed by atoms with Gasteiger partial charge >= 0.3 is 0 Å². The summed E-state index contributed by atoms with van der Waals surface area (Å²) in [6, 6.07) is 19.9. The lowest BCUT2D eigenvalue weighted by atomic mass is 9.45. The zero-order chi connectivity index (χ0) is 34.4. The van der Waals surface area contributed by atoms with E-state index >= 15 is 0 Å². The zero-order valence-electron chi connectivity index (χ0n) is 29.6. The molecule has 0 amide bonds. The first-order valence-corrected chi connectivity index (χ1v) is 17.8. The molecule has 2 heterocycles. The van der Waals surface area contributed by atoms with Crippen LogP contribution in [0.15, 0.2) is 76.8 Å². The average Bonchev–Trinajstić information content (AvgIpc) is 3.09. The van der Waals surface area contributed by atoms with Gasteiger partial charge in [-0.1, -0.05) is 44.5 Å². The number of methoxy groups -OCH3 is 1. The van der Waals surface area contributed by atoms with Gasteiger partial charge in [0.1, 0.15) is 11.6 Å². The molecule has 9 heteroatoms. The number of fused-ring (bicyclic) bond motifs is 3. The molecule has 1 N–H and O–H groups in total. The maximum Gasteiger partial charge on any atom is 0.261 e. The molecule has 0 spiro atoms. The number of aromatic nitrogens is 2. The Hall–Kier alpha value is -4.40. The van der Waals surface area contributed by atoms with Crippen molar-refractivity contribution in [2.45, 2.75) is 72.5 Å². The van der Waals surface area contributed by atoms with Crippen LogP contribution in [-0.2, 0) is 13.0 Å². The third-order valence-electron chi connectivity index (χ3n) is 11.9. The molecule has 1 aliphatic heterocycles. The first kappa shape index (κ1) is 33.1. The highest BCUT2D eigenvalue weighted by Gasteiger charge is 2.56. The number of halogens is 1. The van der Waals surface area contributed by atoms with E-state index in [4.69, 9.17) is 9.73 Å². The number of anilines is 2. The van der Waals surface area contributed by atoms with E-state index in [0.717, 1.165) is 37.7 Å². The van der Waals surface area contributed by atoms with Crippen molar-refractivity contribution in [3.05, 3.63) is 94.3 Å². The Morgan fingerprint density at radius 2 is 1.86 bits per heavy atom. The van der Waals surface area contributed by atoms with Gasteiger partial charge in [-0.15, -0.1) is 0 Å². The molecule has 4 aliphatic rings. The van der Waals surface area contributed by atoms with E-state index in [0.29, 0.717) is 64.4 Å². The van der Waals surface area contributed by atoms with Crippen LogP contribution in [0.3, 0.4) is 0 Å². The third kappa shape index (κ3) is 6.40. The van der Waals surface area contributed by atoms with Crippen molar-refractivity contribution in [2.24, 2.45) is 28.2 Å². The topological polar surface area (TPSA) is 75.0 Å². The lowest BCUT2D eigenvalue weighted by molar-refractivity contribution is -0.108. The van der Waals surface area contributed by atoms with Gasteiger partial charge < -0.3 is 19.9 Å². The molecule has 5 atom stereocenters. The number of guanidine groups is 1. The molecule has 1 saturated heterocycles. The quantitative estimate of drug-likeness (QED) is 0.167. The molecule has 4 fully saturated rings.